The van der Waals surface area contributed by atoms with Gasteiger partial charge in [0.2, 0.25) is 0 Å². The molecule has 0 atom stereocenters. The van der Waals surface area contributed by atoms with Crippen molar-refractivity contribution in [1.82, 2.24) is 0 Å². The van der Waals surface area contributed by atoms with Gasteiger partial charge in [-0.3, -0.25) is 0 Å². The number of thiophene rings is 1. The predicted molar refractivity (Wildman–Crippen MR) is 82.1 cm³/mol. The number of benzene rings is 1. The highest BCUT2D eigenvalue weighted by atomic mass is 79.9. The van der Waals surface area contributed by atoms with Gasteiger partial charge < -0.3 is 4.74 Å². The summed E-state index contributed by atoms with van der Waals surface area (Å²) in [6, 6.07) is 10.5. The second-order valence-electron chi connectivity index (χ2n) is 3.93. The fraction of sp³-hybridized carbons (Fsp3) is 0.200. The molecule has 0 aliphatic heterocycles. The van der Waals surface area contributed by atoms with E-state index in [2.05, 4.69) is 69.2 Å². The molecule has 0 spiro atoms. The fourth-order valence-electron chi connectivity index (χ4n) is 1.60. The van der Waals surface area contributed by atoms with Crippen molar-refractivity contribution in [3.05, 3.63) is 63.9 Å². The Hall–Kier alpha value is -0.900. The van der Waals surface area contributed by atoms with E-state index in [9.17, 15) is 0 Å². The second-order valence-corrected chi connectivity index (χ2v) is 5.27. The second kappa shape index (κ2) is 7.52. The predicted octanol–water partition coefficient (Wildman–Crippen LogP) is 4.87. The molecule has 1 nitrogen and oxygen atoms in total. The minimum absolute atomic E-state index is 0.647. The van der Waals surface area contributed by atoms with Crippen LogP contribution in [0.2, 0.25) is 0 Å². The highest BCUT2D eigenvalue weighted by Gasteiger charge is 1.94. The third kappa shape index (κ3) is 4.41. The van der Waals surface area contributed by atoms with Crippen molar-refractivity contribution in [3.63, 3.8) is 0 Å². The molecule has 18 heavy (non-hydrogen) atoms. The Morgan fingerprint density at radius 2 is 2.11 bits per heavy atom. The molecule has 1 aromatic carbocycles. The lowest BCUT2D eigenvalue weighted by Crippen LogP contribution is -1.93. The van der Waals surface area contributed by atoms with Gasteiger partial charge in [0, 0.05) is 5.33 Å². The summed E-state index contributed by atoms with van der Waals surface area (Å²) in [6.07, 6.45) is 4.14. The van der Waals surface area contributed by atoms with Crippen LogP contribution in [0, 0.1) is 0 Å². The van der Waals surface area contributed by atoms with E-state index in [1.807, 2.05) is 0 Å². The molecular formula is C15H15BrOS. The van der Waals surface area contributed by atoms with Crippen molar-refractivity contribution in [2.45, 2.75) is 11.9 Å². The van der Waals surface area contributed by atoms with Crippen molar-refractivity contribution in [2.75, 3.05) is 6.61 Å². The van der Waals surface area contributed by atoms with Gasteiger partial charge in [-0.15, -0.1) is 0 Å². The third-order valence-corrected chi connectivity index (χ3v) is 3.83. The largest absolute Gasteiger partial charge is 0.373 e. The molecule has 1 heterocycles. The van der Waals surface area contributed by atoms with Gasteiger partial charge >= 0.3 is 0 Å². The summed E-state index contributed by atoms with van der Waals surface area (Å²) >= 11 is 5.16. The number of halogens is 1. The van der Waals surface area contributed by atoms with Crippen molar-refractivity contribution >= 4 is 33.3 Å². The molecule has 0 unspecified atom stereocenters. The van der Waals surface area contributed by atoms with Crippen molar-refractivity contribution < 1.29 is 4.74 Å². The number of rotatable bonds is 6. The molecule has 0 fully saturated rings. The van der Waals surface area contributed by atoms with Gasteiger partial charge in [-0.05, 0) is 33.5 Å². The monoisotopic (exact) mass is 322 g/mol. The first-order chi connectivity index (χ1) is 8.88. The first kappa shape index (κ1) is 13.5. The summed E-state index contributed by atoms with van der Waals surface area (Å²) in [5.41, 5.74) is 3.74. The first-order valence-corrected chi connectivity index (χ1v) is 7.85. The van der Waals surface area contributed by atoms with Crippen LogP contribution in [0.15, 0.2) is 47.2 Å². The van der Waals surface area contributed by atoms with E-state index >= 15 is 0 Å². The first-order valence-electron chi connectivity index (χ1n) is 5.79. The molecule has 0 aliphatic carbocycles. The third-order valence-electron chi connectivity index (χ3n) is 2.48. The number of alkyl halides is 1. The van der Waals surface area contributed by atoms with E-state index < -0.39 is 0 Å². The number of ether oxygens (including phenoxy) is 1. The Bertz CT molecular complexity index is 491. The lowest BCUT2D eigenvalue weighted by atomic mass is 10.1. The van der Waals surface area contributed by atoms with Crippen LogP contribution in [0.4, 0.5) is 0 Å². The van der Waals surface area contributed by atoms with E-state index in [0.29, 0.717) is 13.2 Å². The highest BCUT2D eigenvalue weighted by Crippen LogP contribution is 2.10. The average Bonchev–Trinajstić information content (AvgIpc) is 2.92. The molecule has 2 rings (SSSR count). The van der Waals surface area contributed by atoms with Crippen LogP contribution >= 0.6 is 27.3 Å². The Morgan fingerprint density at radius 1 is 1.22 bits per heavy atom. The number of hydrogen-bond donors (Lipinski definition) is 0. The molecule has 0 bridgehead atoms. The minimum Gasteiger partial charge on any atom is -0.373 e. The molecule has 0 saturated heterocycles. The van der Waals surface area contributed by atoms with Gasteiger partial charge in [-0.2, -0.15) is 11.3 Å². The van der Waals surface area contributed by atoms with Crippen LogP contribution in [0.3, 0.4) is 0 Å². The van der Waals surface area contributed by atoms with E-state index in [1.54, 1.807) is 11.3 Å². The molecule has 0 N–H and O–H groups in total. The van der Waals surface area contributed by atoms with Gasteiger partial charge in [0.1, 0.15) is 0 Å². The van der Waals surface area contributed by atoms with Crippen LogP contribution in [0.5, 0.6) is 0 Å². The number of hydrogen-bond acceptors (Lipinski definition) is 2. The standard InChI is InChI=1S/C15H15BrOS/c16-10-14-3-1-4-15(9-14)11-17-7-2-5-13-6-8-18-12-13/h1-6,8-9,12H,7,10-11H2. The summed E-state index contributed by atoms with van der Waals surface area (Å²) in [6.45, 7) is 1.31. The zero-order valence-electron chi connectivity index (χ0n) is 10.0. The van der Waals surface area contributed by atoms with Crippen molar-refractivity contribution in [2.24, 2.45) is 0 Å². The topological polar surface area (TPSA) is 9.23 Å². The van der Waals surface area contributed by atoms with Crippen molar-refractivity contribution in [3.8, 4) is 0 Å². The van der Waals surface area contributed by atoms with E-state index in [0.717, 1.165) is 5.33 Å². The summed E-state index contributed by atoms with van der Waals surface area (Å²) in [7, 11) is 0. The Morgan fingerprint density at radius 3 is 2.89 bits per heavy atom. The van der Waals surface area contributed by atoms with Gasteiger partial charge in [0.05, 0.1) is 13.2 Å². The van der Waals surface area contributed by atoms with E-state index in [4.69, 9.17) is 4.74 Å². The molecular weight excluding hydrogens is 308 g/mol. The highest BCUT2D eigenvalue weighted by molar-refractivity contribution is 9.08. The molecule has 3 heteroatoms. The van der Waals surface area contributed by atoms with Gasteiger partial charge in [0.25, 0.3) is 0 Å². The minimum atomic E-state index is 0.647. The fourth-order valence-corrected chi connectivity index (χ4v) is 2.58. The lowest BCUT2D eigenvalue weighted by Gasteiger charge is -2.03. The molecule has 94 valence electrons. The van der Waals surface area contributed by atoms with Crippen LogP contribution in [0.1, 0.15) is 16.7 Å². The Kier molecular flexibility index (Phi) is 5.65. The molecule has 0 radical (unpaired) electrons. The normalized spacial score (nSPS) is 11.2. The van der Waals surface area contributed by atoms with Crippen LogP contribution in [-0.2, 0) is 16.7 Å². The smallest absolute Gasteiger partial charge is 0.0721 e. The Labute approximate surface area is 120 Å². The Balaban J connectivity index is 1.75. The lowest BCUT2D eigenvalue weighted by molar-refractivity contribution is 0.149. The summed E-state index contributed by atoms with van der Waals surface area (Å²) in [5, 5.41) is 5.08. The van der Waals surface area contributed by atoms with Crippen LogP contribution in [-0.4, -0.2) is 6.61 Å². The maximum atomic E-state index is 5.62. The van der Waals surface area contributed by atoms with Gasteiger partial charge in [-0.1, -0.05) is 52.3 Å². The molecule has 1 aromatic heterocycles. The maximum Gasteiger partial charge on any atom is 0.0721 e. The quantitative estimate of drug-likeness (QED) is 0.544. The molecule has 0 amide bonds. The molecule has 0 aliphatic rings. The summed E-state index contributed by atoms with van der Waals surface area (Å²) < 4.78 is 5.62. The maximum absolute atomic E-state index is 5.62. The summed E-state index contributed by atoms with van der Waals surface area (Å²) in [5.74, 6) is 0. The van der Waals surface area contributed by atoms with Crippen molar-refractivity contribution in [1.29, 1.82) is 0 Å². The van der Waals surface area contributed by atoms with Crippen LogP contribution < -0.4 is 0 Å². The van der Waals surface area contributed by atoms with Crippen LogP contribution in [0.25, 0.3) is 6.08 Å². The van der Waals surface area contributed by atoms with Gasteiger partial charge in [0.15, 0.2) is 0 Å². The average molecular weight is 323 g/mol. The summed E-state index contributed by atoms with van der Waals surface area (Å²) in [4.78, 5) is 0. The zero-order valence-corrected chi connectivity index (χ0v) is 12.4. The van der Waals surface area contributed by atoms with E-state index in [1.165, 1.54) is 16.7 Å². The molecule has 2 aromatic rings. The zero-order chi connectivity index (χ0) is 12.6. The van der Waals surface area contributed by atoms with Gasteiger partial charge in [-0.25, -0.2) is 0 Å². The van der Waals surface area contributed by atoms with E-state index in [-0.39, 0.29) is 0 Å². The molecule has 0 saturated carbocycles. The SMILES string of the molecule is BrCc1cccc(COCC=Cc2ccsc2)c1.